The third-order valence-corrected chi connectivity index (χ3v) is 6.67. The van der Waals surface area contributed by atoms with E-state index < -0.39 is 17.8 Å². The molecule has 1 amide bonds. The lowest BCUT2D eigenvalue weighted by Crippen LogP contribution is -2.39. The molecule has 1 unspecified atom stereocenters. The zero-order valence-electron chi connectivity index (χ0n) is 20.2. The molecule has 4 rings (SSSR count). The molecule has 0 spiro atoms. The summed E-state index contributed by atoms with van der Waals surface area (Å²) < 4.78 is 20.6. The smallest absolute Gasteiger partial charge is 0.338 e. The van der Waals surface area contributed by atoms with Crippen molar-refractivity contribution in [2.24, 2.45) is 4.99 Å². The maximum absolute atomic E-state index is 15.1. The number of hydrogen-bond donors (Lipinski definition) is 0. The molecule has 35 heavy (non-hydrogen) atoms. The Morgan fingerprint density at radius 2 is 1.83 bits per heavy atom. The molecule has 8 heteroatoms. The van der Waals surface area contributed by atoms with Gasteiger partial charge in [0.05, 0.1) is 29.8 Å². The highest BCUT2D eigenvalue weighted by Gasteiger charge is 2.42. The lowest BCUT2D eigenvalue weighted by molar-refractivity contribution is -0.143. The molecule has 1 atom stereocenters. The number of amides is 1. The molecule has 2 aromatic rings. The Labute approximate surface area is 209 Å². The average molecular weight is 494 g/mol. The van der Waals surface area contributed by atoms with Gasteiger partial charge in [-0.1, -0.05) is 60.3 Å². The van der Waals surface area contributed by atoms with Crippen molar-refractivity contribution in [3.05, 3.63) is 93.9 Å². The maximum Gasteiger partial charge on any atom is 0.338 e. The molecule has 0 radical (unpaired) electrons. The van der Waals surface area contributed by atoms with Crippen LogP contribution in [0.3, 0.4) is 0 Å². The Hall–Kier alpha value is -3.39. The summed E-state index contributed by atoms with van der Waals surface area (Å²) in [5.41, 5.74) is 2.76. The number of nitrogens with zero attached hydrogens (tertiary/aromatic N) is 3. The van der Waals surface area contributed by atoms with Crippen LogP contribution in [0.15, 0.2) is 82.0 Å². The van der Waals surface area contributed by atoms with Crippen LogP contribution >= 0.6 is 11.8 Å². The molecule has 6 nitrogen and oxygen atoms in total. The average Bonchev–Trinajstić information content (AvgIpc) is 3.20. The zero-order valence-corrected chi connectivity index (χ0v) is 21.0. The van der Waals surface area contributed by atoms with Gasteiger partial charge in [-0.25, -0.2) is 14.2 Å². The van der Waals surface area contributed by atoms with Crippen LogP contribution in [0, 0.1) is 5.82 Å². The molecule has 0 saturated carbocycles. The van der Waals surface area contributed by atoms with Gasteiger partial charge >= 0.3 is 5.97 Å². The molecule has 2 aliphatic heterocycles. The molecular formula is C27H28FN3O3S. The predicted octanol–water partition coefficient (Wildman–Crippen LogP) is 5.40. The van der Waals surface area contributed by atoms with Gasteiger partial charge in [-0.15, -0.1) is 0 Å². The molecule has 2 aliphatic rings. The highest BCUT2D eigenvalue weighted by molar-refractivity contribution is 8.16. The number of allylic oxidation sites excluding steroid dienone is 1. The molecular weight excluding hydrogens is 465 g/mol. The summed E-state index contributed by atoms with van der Waals surface area (Å²) >= 11 is 1.36. The number of amidine groups is 1. The molecule has 2 heterocycles. The van der Waals surface area contributed by atoms with E-state index in [2.05, 4.69) is 4.99 Å². The maximum atomic E-state index is 15.1. The SMILES string of the molecule is CC1=C(C(=O)OC(C)C)C(c2ccccc2F)N2C(CC(=O)N(C)Cc3ccccc3)=CSC2=N1. The van der Waals surface area contributed by atoms with E-state index in [0.717, 1.165) is 5.56 Å². The first-order chi connectivity index (χ1) is 16.8. The van der Waals surface area contributed by atoms with E-state index in [4.69, 9.17) is 4.74 Å². The minimum atomic E-state index is -0.788. The van der Waals surface area contributed by atoms with Crippen LogP contribution in [0.5, 0.6) is 0 Å². The number of fused-ring (bicyclic) bond motifs is 1. The highest BCUT2D eigenvalue weighted by atomic mass is 32.2. The van der Waals surface area contributed by atoms with E-state index >= 15 is 4.39 Å². The number of rotatable bonds is 7. The minimum Gasteiger partial charge on any atom is -0.459 e. The number of carbonyl (C=O) groups is 2. The van der Waals surface area contributed by atoms with Gasteiger partial charge in [0.25, 0.3) is 0 Å². The molecule has 2 aromatic carbocycles. The Morgan fingerprint density at radius 3 is 2.51 bits per heavy atom. The monoisotopic (exact) mass is 493 g/mol. The van der Waals surface area contributed by atoms with Crippen LogP contribution in [-0.4, -0.2) is 40.0 Å². The minimum absolute atomic E-state index is 0.0891. The van der Waals surface area contributed by atoms with Crippen LogP contribution in [0.1, 0.15) is 44.4 Å². The summed E-state index contributed by atoms with van der Waals surface area (Å²) in [6, 6.07) is 15.3. The Balaban J connectivity index is 1.65. The van der Waals surface area contributed by atoms with Gasteiger partial charge in [-0.2, -0.15) is 0 Å². The van der Waals surface area contributed by atoms with Crippen molar-refractivity contribution in [3.63, 3.8) is 0 Å². The number of carbonyl (C=O) groups excluding carboxylic acids is 2. The summed E-state index contributed by atoms with van der Waals surface area (Å²) in [7, 11) is 1.76. The fourth-order valence-electron chi connectivity index (χ4n) is 4.13. The summed E-state index contributed by atoms with van der Waals surface area (Å²) in [6.07, 6.45) is -0.253. The number of hydrogen-bond acceptors (Lipinski definition) is 6. The summed E-state index contributed by atoms with van der Waals surface area (Å²) in [5.74, 6) is -1.07. The van der Waals surface area contributed by atoms with E-state index in [1.54, 1.807) is 55.8 Å². The van der Waals surface area contributed by atoms with Gasteiger partial charge in [0.15, 0.2) is 5.17 Å². The van der Waals surface area contributed by atoms with Crippen LogP contribution in [0.4, 0.5) is 4.39 Å². The van der Waals surface area contributed by atoms with Crippen LogP contribution in [0.2, 0.25) is 0 Å². The summed E-state index contributed by atoms with van der Waals surface area (Å²) in [5, 5.41) is 2.45. The van der Waals surface area contributed by atoms with E-state index in [-0.39, 0.29) is 24.0 Å². The number of thioether (sulfide) groups is 1. The second-order valence-corrected chi connectivity index (χ2v) is 9.62. The van der Waals surface area contributed by atoms with E-state index in [1.807, 2.05) is 35.7 Å². The Kier molecular flexibility index (Phi) is 7.40. The molecule has 0 aliphatic carbocycles. The van der Waals surface area contributed by atoms with Gasteiger partial charge in [-0.05, 0) is 37.8 Å². The molecule has 0 aromatic heterocycles. The molecule has 0 N–H and O–H groups in total. The zero-order chi connectivity index (χ0) is 25.1. The number of halogens is 1. The number of aliphatic imine (C=N–C) groups is 1. The third-order valence-electron chi connectivity index (χ3n) is 5.78. The van der Waals surface area contributed by atoms with Crippen molar-refractivity contribution >= 4 is 28.8 Å². The second-order valence-electron chi connectivity index (χ2n) is 8.78. The number of benzene rings is 2. The van der Waals surface area contributed by atoms with Crippen LogP contribution < -0.4 is 0 Å². The standard InChI is InChI=1S/C27H28FN3O3S/c1-17(2)34-26(33)24-18(3)29-27-31(25(24)21-12-8-9-13-22(21)28)20(16-35-27)14-23(32)30(4)15-19-10-6-5-7-11-19/h5-13,16-17,25H,14-15H2,1-4H3. The first-order valence-corrected chi connectivity index (χ1v) is 12.3. The summed E-state index contributed by atoms with van der Waals surface area (Å²) in [4.78, 5) is 34.4. The van der Waals surface area contributed by atoms with Gasteiger partial charge < -0.3 is 14.5 Å². The third kappa shape index (κ3) is 5.32. The van der Waals surface area contributed by atoms with Crippen LogP contribution in [0.25, 0.3) is 0 Å². The molecule has 0 saturated heterocycles. The van der Waals surface area contributed by atoms with Gasteiger partial charge in [0.1, 0.15) is 5.82 Å². The van der Waals surface area contributed by atoms with Crippen molar-refractivity contribution in [1.29, 1.82) is 0 Å². The van der Waals surface area contributed by atoms with Crippen molar-refractivity contribution in [1.82, 2.24) is 9.80 Å². The second kappa shape index (κ2) is 10.5. The van der Waals surface area contributed by atoms with Crippen molar-refractivity contribution in [3.8, 4) is 0 Å². The molecule has 0 fully saturated rings. The fraction of sp³-hybridized carbons (Fsp3) is 0.296. The van der Waals surface area contributed by atoms with E-state index in [1.165, 1.54) is 17.8 Å². The van der Waals surface area contributed by atoms with Crippen molar-refractivity contribution in [2.45, 2.75) is 45.9 Å². The van der Waals surface area contributed by atoms with Gasteiger partial charge in [0, 0.05) is 24.9 Å². The lowest BCUT2D eigenvalue weighted by Gasteiger charge is -2.36. The van der Waals surface area contributed by atoms with Crippen molar-refractivity contribution in [2.75, 3.05) is 7.05 Å². The predicted molar refractivity (Wildman–Crippen MR) is 136 cm³/mol. The number of ether oxygens (including phenoxy) is 1. The largest absolute Gasteiger partial charge is 0.459 e. The van der Waals surface area contributed by atoms with Crippen LogP contribution in [-0.2, 0) is 20.9 Å². The Bertz CT molecular complexity index is 1220. The van der Waals surface area contributed by atoms with Gasteiger partial charge in [0.2, 0.25) is 5.91 Å². The van der Waals surface area contributed by atoms with E-state index in [0.29, 0.717) is 28.7 Å². The van der Waals surface area contributed by atoms with Gasteiger partial charge in [-0.3, -0.25) is 4.79 Å². The molecule has 182 valence electrons. The fourth-order valence-corrected chi connectivity index (χ4v) is 5.10. The normalized spacial score (nSPS) is 17.2. The topological polar surface area (TPSA) is 62.2 Å². The Morgan fingerprint density at radius 1 is 1.14 bits per heavy atom. The quantitative estimate of drug-likeness (QED) is 0.483. The van der Waals surface area contributed by atoms with E-state index in [9.17, 15) is 9.59 Å². The first kappa shape index (κ1) is 24.7. The van der Waals surface area contributed by atoms with Crippen molar-refractivity contribution < 1.29 is 18.7 Å². The molecule has 0 bridgehead atoms. The highest BCUT2D eigenvalue weighted by Crippen LogP contribution is 2.45. The first-order valence-electron chi connectivity index (χ1n) is 11.4. The lowest BCUT2D eigenvalue weighted by atomic mass is 9.93. The number of esters is 1. The summed E-state index contributed by atoms with van der Waals surface area (Å²) in [6.45, 7) is 5.73.